The van der Waals surface area contributed by atoms with Gasteiger partial charge in [0.15, 0.2) is 0 Å². The summed E-state index contributed by atoms with van der Waals surface area (Å²) >= 11 is 0. The van der Waals surface area contributed by atoms with Gasteiger partial charge in [0.2, 0.25) is 11.8 Å². The lowest BCUT2D eigenvalue weighted by Gasteiger charge is -2.21. The normalized spacial score (nSPS) is 12.1. The molecule has 1 aromatic carbocycles. The molecule has 0 spiro atoms. The Labute approximate surface area is 166 Å². The number of primary amides is 1. The summed E-state index contributed by atoms with van der Waals surface area (Å²) in [6.07, 6.45) is 3.75. The Morgan fingerprint density at radius 1 is 1.14 bits per heavy atom. The molecule has 2 aromatic rings. The number of carbonyl (C=O) groups is 2. The molecule has 0 radical (unpaired) electrons. The highest BCUT2D eigenvalue weighted by Gasteiger charge is 2.21. The van der Waals surface area contributed by atoms with Crippen molar-refractivity contribution >= 4 is 28.5 Å². The third-order valence-electron chi connectivity index (χ3n) is 4.57. The van der Waals surface area contributed by atoms with Crippen LogP contribution in [0.25, 0.3) is 10.9 Å². The van der Waals surface area contributed by atoms with E-state index in [2.05, 4.69) is 27.5 Å². The molecule has 0 fully saturated rings. The molecule has 0 aliphatic carbocycles. The zero-order chi connectivity index (χ0) is 20.5. The van der Waals surface area contributed by atoms with Gasteiger partial charge in [-0.1, -0.05) is 39.3 Å². The van der Waals surface area contributed by atoms with Crippen molar-refractivity contribution in [3.05, 3.63) is 30.1 Å². The summed E-state index contributed by atoms with van der Waals surface area (Å²) < 4.78 is 0. The molecular formula is C21H31N5O2. The number of aromatic nitrogens is 2. The summed E-state index contributed by atoms with van der Waals surface area (Å²) in [6, 6.07) is 7.14. The van der Waals surface area contributed by atoms with Gasteiger partial charge in [-0.3, -0.25) is 9.59 Å². The maximum Gasteiger partial charge on any atom is 0.240 e. The predicted octanol–water partition coefficient (Wildman–Crippen LogP) is 2.79. The van der Waals surface area contributed by atoms with E-state index in [0.29, 0.717) is 30.9 Å². The van der Waals surface area contributed by atoms with Gasteiger partial charge in [-0.2, -0.15) is 0 Å². The zero-order valence-electron chi connectivity index (χ0n) is 17.0. The number of rotatable bonds is 11. The second-order valence-corrected chi connectivity index (χ2v) is 7.33. The third-order valence-corrected chi connectivity index (χ3v) is 4.57. The second kappa shape index (κ2) is 10.6. The SMILES string of the molecule is CCCCNC(=O)CCCc1nc(N[C@H](C(N)=O)C(C)C)c2ccccc2n1. The number of carbonyl (C=O) groups excluding carboxylic acids is 2. The van der Waals surface area contributed by atoms with Gasteiger partial charge in [0.1, 0.15) is 17.7 Å². The van der Waals surface area contributed by atoms with E-state index in [9.17, 15) is 9.59 Å². The van der Waals surface area contributed by atoms with Gasteiger partial charge < -0.3 is 16.4 Å². The molecule has 0 saturated heterocycles. The van der Waals surface area contributed by atoms with Crippen LogP contribution in [-0.4, -0.2) is 34.4 Å². The minimum absolute atomic E-state index is 0.0292. The summed E-state index contributed by atoms with van der Waals surface area (Å²) in [4.78, 5) is 32.9. The van der Waals surface area contributed by atoms with Crippen LogP contribution in [0.1, 0.15) is 52.3 Å². The maximum atomic E-state index is 11.9. The molecule has 1 atom stereocenters. The van der Waals surface area contributed by atoms with Crippen LogP contribution in [0.5, 0.6) is 0 Å². The van der Waals surface area contributed by atoms with Gasteiger partial charge in [-0.15, -0.1) is 0 Å². The molecule has 1 heterocycles. The highest BCUT2D eigenvalue weighted by atomic mass is 16.2. The van der Waals surface area contributed by atoms with Gasteiger partial charge in [-0.25, -0.2) is 9.97 Å². The molecule has 7 nitrogen and oxygen atoms in total. The Kier molecular flexibility index (Phi) is 8.17. The summed E-state index contributed by atoms with van der Waals surface area (Å²) in [5, 5.41) is 6.95. The van der Waals surface area contributed by atoms with Crippen LogP contribution >= 0.6 is 0 Å². The van der Waals surface area contributed by atoms with E-state index < -0.39 is 11.9 Å². The molecular weight excluding hydrogens is 354 g/mol. The summed E-state index contributed by atoms with van der Waals surface area (Å²) in [5.41, 5.74) is 6.34. The lowest BCUT2D eigenvalue weighted by atomic mass is 10.0. The summed E-state index contributed by atoms with van der Waals surface area (Å²) in [5.74, 6) is 0.922. The smallest absolute Gasteiger partial charge is 0.240 e. The number of anilines is 1. The molecule has 0 aliphatic rings. The maximum absolute atomic E-state index is 11.9. The number of nitrogens with two attached hydrogens (primary N) is 1. The third kappa shape index (κ3) is 6.18. The van der Waals surface area contributed by atoms with Crippen molar-refractivity contribution in [2.45, 2.75) is 58.9 Å². The highest BCUT2D eigenvalue weighted by molar-refractivity contribution is 5.91. The van der Waals surface area contributed by atoms with Crippen molar-refractivity contribution in [2.75, 3.05) is 11.9 Å². The van der Waals surface area contributed by atoms with E-state index in [1.54, 1.807) is 0 Å². The number of para-hydroxylation sites is 1. The average molecular weight is 386 g/mol. The topological polar surface area (TPSA) is 110 Å². The number of nitrogens with zero attached hydrogens (tertiary/aromatic N) is 2. The van der Waals surface area contributed by atoms with Crippen LogP contribution in [0, 0.1) is 5.92 Å². The monoisotopic (exact) mass is 385 g/mol. The molecule has 4 N–H and O–H groups in total. The number of hydrogen-bond acceptors (Lipinski definition) is 5. The Balaban J connectivity index is 2.12. The molecule has 1 aromatic heterocycles. The Morgan fingerprint density at radius 3 is 2.57 bits per heavy atom. The second-order valence-electron chi connectivity index (χ2n) is 7.33. The van der Waals surface area contributed by atoms with E-state index >= 15 is 0 Å². The van der Waals surface area contributed by atoms with E-state index in [1.807, 2.05) is 38.1 Å². The number of nitrogens with one attached hydrogen (secondary N) is 2. The van der Waals surface area contributed by atoms with Gasteiger partial charge in [0.05, 0.1) is 5.52 Å². The van der Waals surface area contributed by atoms with Crippen molar-refractivity contribution in [3.8, 4) is 0 Å². The Morgan fingerprint density at radius 2 is 1.89 bits per heavy atom. The van der Waals surface area contributed by atoms with Gasteiger partial charge in [0, 0.05) is 24.8 Å². The van der Waals surface area contributed by atoms with Crippen molar-refractivity contribution in [1.82, 2.24) is 15.3 Å². The highest BCUT2D eigenvalue weighted by Crippen LogP contribution is 2.22. The number of fused-ring (bicyclic) bond motifs is 1. The first-order valence-electron chi connectivity index (χ1n) is 10.0. The molecule has 2 rings (SSSR count). The number of aryl methyl sites for hydroxylation is 1. The summed E-state index contributed by atoms with van der Waals surface area (Å²) in [7, 11) is 0. The van der Waals surface area contributed by atoms with Gasteiger partial charge >= 0.3 is 0 Å². The first kappa shape index (κ1) is 21.6. The van der Waals surface area contributed by atoms with Crippen LogP contribution in [0.4, 0.5) is 5.82 Å². The van der Waals surface area contributed by atoms with E-state index in [4.69, 9.17) is 5.73 Å². The fourth-order valence-corrected chi connectivity index (χ4v) is 2.96. The molecule has 0 bridgehead atoms. The number of hydrogen-bond donors (Lipinski definition) is 3. The molecule has 152 valence electrons. The zero-order valence-corrected chi connectivity index (χ0v) is 17.0. The van der Waals surface area contributed by atoms with Crippen molar-refractivity contribution < 1.29 is 9.59 Å². The average Bonchev–Trinajstić information content (AvgIpc) is 2.65. The quantitative estimate of drug-likeness (QED) is 0.515. The number of unbranched alkanes of at least 4 members (excludes halogenated alkanes) is 1. The van der Waals surface area contributed by atoms with Gasteiger partial charge in [0.25, 0.3) is 0 Å². The van der Waals surface area contributed by atoms with Crippen LogP contribution in [0.2, 0.25) is 0 Å². The minimum atomic E-state index is -0.518. The van der Waals surface area contributed by atoms with Crippen molar-refractivity contribution in [3.63, 3.8) is 0 Å². The van der Waals surface area contributed by atoms with Crippen LogP contribution in [0.15, 0.2) is 24.3 Å². The molecule has 0 saturated carbocycles. The minimum Gasteiger partial charge on any atom is -0.368 e. The predicted molar refractivity (Wildman–Crippen MR) is 112 cm³/mol. The molecule has 7 heteroatoms. The molecule has 2 amide bonds. The lowest BCUT2D eigenvalue weighted by Crippen LogP contribution is -2.39. The lowest BCUT2D eigenvalue weighted by molar-refractivity contribution is -0.121. The van der Waals surface area contributed by atoms with Crippen molar-refractivity contribution in [2.24, 2.45) is 11.7 Å². The molecule has 0 aliphatic heterocycles. The standard InChI is InChI=1S/C21H31N5O2/c1-4-5-13-23-18(27)12-8-11-17-24-16-10-7-6-9-15(16)21(25-17)26-19(14(2)3)20(22)28/h6-7,9-10,14,19H,4-5,8,11-13H2,1-3H3,(H2,22,28)(H,23,27)(H,24,25,26)/t19-/m0/s1. The van der Waals surface area contributed by atoms with E-state index in [-0.39, 0.29) is 11.8 Å². The largest absolute Gasteiger partial charge is 0.368 e. The first-order chi connectivity index (χ1) is 13.4. The Bertz CT molecular complexity index is 806. The van der Waals surface area contributed by atoms with E-state index in [1.165, 1.54) is 0 Å². The number of benzene rings is 1. The fraction of sp³-hybridized carbons (Fsp3) is 0.524. The number of amides is 2. The van der Waals surface area contributed by atoms with E-state index in [0.717, 1.165) is 30.3 Å². The van der Waals surface area contributed by atoms with Crippen molar-refractivity contribution in [1.29, 1.82) is 0 Å². The molecule has 28 heavy (non-hydrogen) atoms. The van der Waals surface area contributed by atoms with Crippen LogP contribution in [-0.2, 0) is 16.0 Å². The van der Waals surface area contributed by atoms with Crippen LogP contribution < -0.4 is 16.4 Å². The van der Waals surface area contributed by atoms with Gasteiger partial charge in [-0.05, 0) is 30.9 Å². The fourth-order valence-electron chi connectivity index (χ4n) is 2.96. The summed E-state index contributed by atoms with van der Waals surface area (Å²) in [6.45, 7) is 6.68. The molecule has 0 unspecified atom stereocenters. The Hall–Kier alpha value is -2.70. The first-order valence-corrected chi connectivity index (χ1v) is 10.0. The van der Waals surface area contributed by atoms with Crippen LogP contribution in [0.3, 0.4) is 0 Å².